The third kappa shape index (κ3) is 2.86. The maximum atomic E-state index is 14.0. The smallest absolute Gasteiger partial charge is 0.304 e. The summed E-state index contributed by atoms with van der Waals surface area (Å²) in [5.41, 5.74) is 0.320. The number of para-hydroxylation sites is 1. The number of likely N-dealkylation sites (tertiary alicyclic amines) is 1. The molecule has 2 atom stereocenters. The number of alkyl halides is 3. The standard InChI is InChI=1S/C19H16F4N2O/c20-15-3-1-2-4-16(15)25-14-9-17(18(25)26)24(11-14)10-12-5-7-13(8-6-12)19(21,22)23/h1-8,14,17H,9-11H2/t14-,17-/m0/s1. The number of benzene rings is 2. The van der Waals surface area contributed by atoms with Crippen molar-refractivity contribution >= 4 is 11.6 Å². The van der Waals surface area contributed by atoms with Crippen LogP contribution in [0.5, 0.6) is 0 Å². The van der Waals surface area contributed by atoms with Gasteiger partial charge in [-0.1, -0.05) is 24.3 Å². The molecule has 26 heavy (non-hydrogen) atoms. The van der Waals surface area contributed by atoms with Crippen molar-refractivity contribution in [2.24, 2.45) is 0 Å². The molecule has 2 aromatic carbocycles. The Morgan fingerprint density at radius 3 is 2.35 bits per heavy atom. The molecule has 2 heterocycles. The summed E-state index contributed by atoms with van der Waals surface area (Å²) in [4.78, 5) is 16.1. The number of fused-ring (bicyclic) bond motifs is 2. The molecule has 7 heteroatoms. The van der Waals surface area contributed by atoms with Crippen molar-refractivity contribution in [2.75, 3.05) is 11.4 Å². The quantitative estimate of drug-likeness (QED) is 0.773. The lowest BCUT2D eigenvalue weighted by atomic mass is 10.1. The average Bonchev–Trinajstić information content (AvgIpc) is 3.13. The number of carbonyl (C=O) groups is 1. The summed E-state index contributed by atoms with van der Waals surface area (Å²) in [7, 11) is 0. The highest BCUT2D eigenvalue weighted by Crippen LogP contribution is 2.37. The van der Waals surface area contributed by atoms with Crippen molar-refractivity contribution in [3.05, 3.63) is 65.5 Å². The summed E-state index contributed by atoms with van der Waals surface area (Å²) in [6.07, 6.45) is -3.75. The average molecular weight is 364 g/mol. The molecule has 2 fully saturated rings. The van der Waals surface area contributed by atoms with Crippen LogP contribution in [0.15, 0.2) is 48.5 Å². The second-order valence-corrected chi connectivity index (χ2v) is 6.69. The van der Waals surface area contributed by atoms with Crippen LogP contribution in [-0.2, 0) is 17.5 Å². The SMILES string of the molecule is O=C1[C@@H]2C[C@@H](CN2Cc2ccc(C(F)(F)F)cc2)N1c1ccccc1F. The minimum atomic E-state index is -4.36. The molecule has 2 aliphatic rings. The Bertz CT molecular complexity index is 834. The highest BCUT2D eigenvalue weighted by Gasteiger charge is 2.50. The van der Waals surface area contributed by atoms with Crippen LogP contribution < -0.4 is 4.90 Å². The summed E-state index contributed by atoms with van der Waals surface area (Å²) in [6.45, 7) is 0.974. The molecule has 2 aromatic rings. The number of rotatable bonds is 3. The van der Waals surface area contributed by atoms with Gasteiger partial charge < -0.3 is 4.90 Å². The fourth-order valence-electron chi connectivity index (χ4n) is 3.83. The Hall–Kier alpha value is -2.41. The van der Waals surface area contributed by atoms with E-state index in [4.69, 9.17) is 0 Å². The van der Waals surface area contributed by atoms with E-state index in [2.05, 4.69) is 0 Å². The van der Waals surface area contributed by atoms with Crippen LogP contribution in [-0.4, -0.2) is 29.4 Å². The number of piperazine rings is 1. The predicted molar refractivity (Wildman–Crippen MR) is 87.9 cm³/mol. The highest BCUT2D eigenvalue weighted by molar-refractivity contribution is 6.01. The third-order valence-corrected chi connectivity index (χ3v) is 5.05. The Morgan fingerprint density at radius 2 is 1.73 bits per heavy atom. The van der Waals surface area contributed by atoms with E-state index >= 15 is 0 Å². The first kappa shape index (κ1) is 17.0. The molecule has 0 aliphatic carbocycles. The number of hydrogen-bond donors (Lipinski definition) is 0. The van der Waals surface area contributed by atoms with E-state index in [0.717, 1.165) is 17.7 Å². The van der Waals surface area contributed by atoms with E-state index < -0.39 is 17.6 Å². The van der Waals surface area contributed by atoms with Crippen LogP contribution in [0.4, 0.5) is 23.2 Å². The van der Waals surface area contributed by atoms with E-state index in [1.807, 2.05) is 4.90 Å². The van der Waals surface area contributed by atoms with Crippen molar-refractivity contribution < 1.29 is 22.4 Å². The zero-order valence-corrected chi connectivity index (χ0v) is 13.7. The number of amides is 1. The first-order valence-corrected chi connectivity index (χ1v) is 8.32. The van der Waals surface area contributed by atoms with E-state index in [0.29, 0.717) is 25.2 Å². The molecular weight excluding hydrogens is 348 g/mol. The molecule has 0 saturated carbocycles. The molecule has 0 spiro atoms. The second kappa shape index (κ2) is 6.09. The van der Waals surface area contributed by atoms with Gasteiger partial charge in [-0.25, -0.2) is 4.39 Å². The largest absolute Gasteiger partial charge is 0.416 e. The maximum absolute atomic E-state index is 14.0. The highest BCUT2D eigenvalue weighted by atomic mass is 19.4. The van der Waals surface area contributed by atoms with Crippen LogP contribution in [0, 0.1) is 5.82 Å². The van der Waals surface area contributed by atoms with Gasteiger partial charge >= 0.3 is 6.18 Å². The molecule has 3 nitrogen and oxygen atoms in total. The van der Waals surface area contributed by atoms with Gasteiger partial charge in [-0.15, -0.1) is 0 Å². The lowest BCUT2D eigenvalue weighted by molar-refractivity contribution is -0.137. The molecule has 0 N–H and O–H groups in total. The van der Waals surface area contributed by atoms with Crippen LogP contribution >= 0.6 is 0 Å². The molecule has 0 radical (unpaired) electrons. The molecule has 4 rings (SSSR count). The van der Waals surface area contributed by atoms with Crippen molar-refractivity contribution in [3.63, 3.8) is 0 Å². The lowest BCUT2D eigenvalue weighted by Crippen LogP contribution is -2.50. The molecule has 136 valence electrons. The van der Waals surface area contributed by atoms with Gasteiger partial charge in [0.15, 0.2) is 0 Å². The van der Waals surface area contributed by atoms with Crippen molar-refractivity contribution in [3.8, 4) is 0 Å². The van der Waals surface area contributed by atoms with E-state index in [1.165, 1.54) is 23.1 Å². The van der Waals surface area contributed by atoms with Gasteiger partial charge in [-0.2, -0.15) is 13.2 Å². The normalized spacial score (nSPS) is 23.1. The van der Waals surface area contributed by atoms with Crippen LogP contribution in [0.2, 0.25) is 0 Å². The third-order valence-electron chi connectivity index (χ3n) is 5.05. The summed E-state index contributed by atoms with van der Waals surface area (Å²) in [6, 6.07) is 10.7. The van der Waals surface area contributed by atoms with Crippen molar-refractivity contribution in [1.82, 2.24) is 4.90 Å². The minimum absolute atomic E-state index is 0.112. The number of anilines is 1. The molecule has 0 aromatic heterocycles. The fourth-order valence-corrected chi connectivity index (χ4v) is 3.83. The number of hydrogen-bond acceptors (Lipinski definition) is 2. The number of carbonyl (C=O) groups excluding carboxylic acids is 1. The summed E-state index contributed by atoms with van der Waals surface area (Å²) in [5, 5.41) is 0. The fraction of sp³-hybridized carbons (Fsp3) is 0.316. The van der Waals surface area contributed by atoms with Gasteiger partial charge in [-0.05, 0) is 36.2 Å². The molecule has 2 bridgehead atoms. The van der Waals surface area contributed by atoms with Gasteiger partial charge in [-0.3, -0.25) is 9.69 Å². The predicted octanol–water partition coefficient (Wildman–Crippen LogP) is 3.83. The van der Waals surface area contributed by atoms with Crippen LogP contribution in [0.1, 0.15) is 17.5 Å². The van der Waals surface area contributed by atoms with Gasteiger partial charge in [0.1, 0.15) is 5.82 Å². The minimum Gasteiger partial charge on any atom is -0.304 e. The number of nitrogens with zero attached hydrogens (tertiary/aromatic N) is 2. The molecule has 1 amide bonds. The lowest BCUT2D eigenvalue weighted by Gasteiger charge is -2.34. The summed E-state index contributed by atoms with van der Waals surface area (Å²) in [5.74, 6) is -0.582. The molecule has 2 aliphatic heterocycles. The Balaban J connectivity index is 1.48. The zero-order chi connectivity index (χ0) is 18.5. The monoisotopic (exact) mass is 364 g/mol. The first-order valence-electron chi connectivity index (χ1n) is 8.32. The summed E-state index contributed by atoms with van der Waals surface area (Å²) < 4.78 is 51.9. The molecular formula is C19H16F4N2O. The van der Waals surface area contributed by atoms with E-state index in [1.54, 1.807) is 18.2 Å². The van der Waals surface area contributed by atoms with Gasteiger partial charge in [0.2, 0.25) is 5.91 Å². The Kier molecular flexibility index (Phi) is 3.99. The topological polar surface area (TPSA) is 23.6 Å². The summed E-state index contributed by atoms with van der Waals surface area (Å²) >= 11 is 0. The van der Waals surface area contributed by atoms with E-state index in [-0.39, 0.29) is 18.0 Å². The van der Waals surface area contributed by atoms with Crippen molar-refractivity contribution in [1.29, 1.82) is 0 Å². The Labute approximate surface area is 147 Å². The van der Waals surface area contributed by atoms with Crippen LogP contribution in [0.25, 0.3) is 0 Å². The van der Waals surface area contributed by atoms with Gasteiger partial charge in [0.05, 0.1) is 23.3 Å². The molecule has 0 unspecified atom stereocenters. The van der Waals surface area contributed by atoms with Gasteiger partial charge in [0, 0.05) is 13.1 Å². The van der Waals surface area contributed by atoms with E-state index in [9.17, 15) is 22.4 Å². The van der Waals surface area contributed by atoms with Crippen LogP contribution in [0.3, 0.4) is 0 Å². The Morgan fingerprint density at radius 1 is 1.04 bits per heavy atom. The van der Waals surface area contributed by atoms with Crippen molar-refractivity contribution in [2.45, 2.75) is 31.2 Å². The zero-order valence-electron chi connectivity index (χ0n) is 13.7. The second-order valence-electron chi connectivity index (χ2n) is 6.69. The maximum Gasteiger partial charge on any atom is 0.416 e. The van der Waals surface area contributed by atoms with Gasteiger partial charge in [0.25, 0.3) is 0 Å². The number of halogens is 4. The first-order chi connectivity index (χ1) is 12.3. The molecule has 2 saturated heterocycles.